The molecule has 0 aromatic heterocycles. The van der Waals surface area contributed by atoms with Crippen molar-refractivity contribution in [1.29, 1.82) is 0 Å². The van der Waals surface area contributed by atoms with Crippen molar-refractivity contribution in [2.45, 2.75) is 32.0 Å². The summed E-state index contributed by atoms with van der Waals surface area (Å²) >= 11 is 1.43. The molecule has 0 spiro atoms. The minimum atomic E-state index is -0.522. The third-order valence-corrected chi connectivity index (χ3v) is 5.36. The van der Waals surface area contributed by atoms with Crippen LogP contribution in [0.15, 0.2) is 42.5 Å². The summed E-state index contributed by atoms with van der Waals surface area (Å²) in [5.41, 5.74) is 2.33. The lowest BCUT2D eigenvalue weighted by atomic mass is 10.1. The van der Waals surface area contributed by atoms with Crippen molar-refractivity contribution in [3.8, 4) is 5.75 Å². The topological polar surface area (TPSA) is 56.8 Å². The number of amides is 1. The van der Waals surface area contributed by atoms with Crippen LogP contribution in [0, 0.1) is 5.82 Å². The number of nitrogens with one attached hydrogen (secondary N) is 1. The van der Waals surface area contributed by atoms with Gasteiger partial charge in [-0.3, -0.25) is 4.79 Å². The number of thioether (sulfide) groups is 1. The van der Waals surface area contributed by atoms with E-state index in [-0.39, 0.29) is 18.3 Å². The second-order valence-electron chi connectivity index (χ2n) is 6.62. The van der Waals surface area contributed by atoms with Crippen LogP contribution in [-0.4, -0.2) is 31.4 Å². The van der Waals surface area contributed by atoms with Crippen molar-refractivity contribution in [2.75, 3.05) is 25.5 Å². The molecule has 5 nitrogen and oxygen atoms in total. The Bertz CT molecular complexity index is 803. The molecule has 29 heavy (non-hydrogen) atoms. The van der Waals surface area contributed by atoms with Gasteiger partial charge in [-0.05, 0) is 25.5 Å². The summed E-state index contributed by atoms with van der Waals surface area (Å²) in [5.74, 6) is 1.07. The third-order valence-electron chi connectivity index (χ3n) is 4.38. The summed E-state index contributed by atoms with van der Waals surface area (Å²) in [6.07, 6.45) is 0.266. The highest BCUT2D eigenvalue weighted by Gasteiger charge is 2.25. The van der Waals surface area contributed by atoms with Gasteiger partial charge >= 0.3 is 0 Å². The first-order chi connectivity index (χ1) is 14.2. The van der Waals surface area contributed by atoms with E-state index in [9.17, 15) is 9.18 Å². The molecule has 0 bridgehead atoms. The lowest BCUT2D eigenvalue weighted by Gasteiger charge is -2.28. The maximum Gasteiger partial charge on any atom is 0.230 e. The molecule has 0 unspecified atom stereocenters. The smallest absolute Gasteiger partial charge is 0.230 e. The van der Waals surface area contributed by atoms with Crippen molar-refractivity contribution >= 4 is 17.7 Å². The number of fused-ring (bicyclic) bond motifs is 1. The summed E-state index contributed by atoms with van der Waals surface area (Å²) in [6, 6.07) is 12.6. The van der Waals surface area contributed by atoms with Gasteiger partial charge < -0.3 is 19.5 Å². The fraction of sp³-hybridized carbons (Fsp3) is 0.409. The van der Waals surface area contributed by atoms with Gasteiger partial charge in [0.25, 0.3) is 0 Å². The van der Waals surface area contributed by atoms with E-state index in [0.717, 1.165) is 17.5 Å². The Morgan fingerprint density at radius 1 is 1.31 bits per heavy atom. The SMILES string of the molecule is CCOCCCNC(=O)CSCc1cc(F)cc2c1O[C@@H](c1ccccc1)OC2. The van der Waals surface area contributed by atoms with Gasteiger partial charge in [0.1, 0.15) is 11.6 Å². The van der Waals surface area contributed by atoms with E-state index >= 15 is 0 Å². The monoisotopic (exact) mass is 419 g/mol. The van der Waals surface area contributed by atoms with Crippen molar-refractivity contribution in [1.82, 2.24) is 5.32 Å². The molecule has 1 atom stereocenters. The molecule has 7 heteroatoms. The molecule has 2 aromatic rings. The van der Waals surface area contributed by atoms with E-state index < -0.39 is 6.29 Å². The summed E-state index contributed by atoms with van der Waals surface area (Å²) in [7, 11) is 0. The van der Waals surface area contributed by atoms with E-state index in [1.165, 1.54) is 23.9 Å². The summed E-state index contributed by atoms with van der Waals surface area (Å²) in [5, 5.41) is 2.87. The van der Waals surface area contributed by atoms with Crippen LogP contribution in [-0.2, 0) is 26.6 Å². The number of hydrogen-bond acceptors (Lipinski definition) is 5. The van der Waals surface area contributed by atoms with E-state index in [0.29, 0.717) is 42.6 Å². The van der Waals surface area contributed by atoms with Crippen LogP contribution in [0.5, 0.6) is 5.75 Å². The highest BCUT2D eigenvalue weighted by atomic mass is 32.2. The van der Waals surface area contributed by atoms with Crippen LogP contribution in [0.2, 0.25) is 0 Å². The van der Waals surface area contributed by atoms with Gasteiger partial charge in [-0.2, -0.15) is 0 Å². The molecular weight excluding hydrogens is 393 g/mol. The molecule has 156 valence electrons. The quantitative estimate of drug-likeness (QED) is 0.585. The van der Waals surface area contributed by atoms with Gasteiger partial charge in [0.2, 0.25) is 12.2 Å². The van der Waals surface area contributed by atoms with Gasteiger partial charge in [-0.15, -0.1) is 11.8 Å². The number of halogens is 1. The highest BCUT2D eigenvalue weighted by Crippen LogP contribution is 2.37. The fourth-order valence-corrected chi connectivity index (χ4v) is 3.83. The van der Waals surface area contributed by atoms with Crippen molar-refractivity contribution < 1.29 is 23.4 Å². The molecule has 1 aliphatic heterocycles. The van der Waals surface area contributed by atoms with E-state index in [4.69, 9.17) is 14.2 Å². The number of benzene rings is 2. The Kier molecular flexibility index (Phi) is 8.34. The van der Waals surface area contributed by atoms with E-state index in [2.05, 4.69) is 5.32 Å². The third kappa shape index (κ3) is 6.45. The van der Waals surface area contributed by atoms with Gasteiger partial charge in [0.15, 0.2) is 0 Å². The Morgan fingerprint density at radius 2 is 2.14 bits per heavy atom. The number of carbonyl (C=O) groups is 1. The molecule has 0 radical (unpaired) electrons. The minimum Gasteiger partial charge on any atom is -0.460 e. The van der Waals surface area contributed by atoms with Crippen molar-refractivity contribution in [3.63, 3.8) is 0 Å². The number of ether oxygens (including phenoxy) is 3. The van der Waals surface area contributed by atoms with Crippen LogP contribution in [0.3, 0.4) is 0 Å². The van der Waals surface area contributed by atoms with Crippen LogP contribution in [0.4, 0.5) is 4.39 Å². The van der Waals surface area contributed by atoms with Crippen LogP contribution in [0.25, 0.3) is 0 Å². The molecule has 1 amide bonds. The zero-order valence-corrected chi connectivity index (χ0v) is 17.3. The first-order valence-corrected chi connectivity index (χ1v) is 10.9. The summed E-state index contributed by atoms with van der Waals surface area (Å²) in [6.45, 7) is 4.14. The lowest BCUT2D eigenvalue weighted by molar-refractivity contribution is -0.118. The van der Waals surface area contributed by atoms with Crippen LogP contribution >= 0.6 is 11.8 Å². The van der Waals surface area contributed by atoms with E-state index in [1.54, 1.807) is 0 Å². The molecule has 1 aliphatic rings. The minimum absolute atomic E-state index is 0.0387. The Labute approximate surface area is 174 Å². The normalized spacial score (nSPS) is 15.4. The number of carbonyl (C=O) groups excluding carboxylic acids is 1. The average Bonchev–Trinajstić information content (AvgIpc) is 2.74. The molecular formula is C22H26FNO4S. The standard InChI is InChI=1S/C22H26FNO4S/c1-2-26-10-6-9-24-20(25)15-29-14-18-12-19(23)11-17-13-27-22(28-21(17)18)16-7-4-3-5-8-16/h3-5,7-8,11-12,22H,2,6,9-10,13-15H2,1H3,(H,24,25)/t22-/m0/s1. The number of hydrogen-bond donors (Lipinski definition) is 1. The summed E-state index contributed by atoms with van der Waals surface area (Å²) in [4.78, 5) is 12.0. The molecule has 1 heterocycles. The first-order valence-electron chi connectivity index (χ1n) is 9.74. The zero-order valence-electron chi connectivity index (χ0n) is 16.5. The van der Waals surface area contributed by atoms with Gasteiger partial charge in [-0.1, -0.05) is 30.3 Å². The Hall–Kier alpha value is -2.09. The molecule has 0 saturated carbocycles. The zero-order chi connectivity index (χ0) is 20.5. The van der Waals surface area contributed by atoms with E-state index in [1.807, 2.05) is 37.3 Å². The highest BCUT2D eigenvalue weighted by molar-refractivity contribution is 7.99. The average molecular weight is 420 g/mol. The van der Waals surface area contributed by atoms with Crippen molar-refractivity contribution in [3.05, 3.63) is 65.0 Å². The Balaban J connectivity index is 1.55. The molecule has 1 N–H and O–H groups in total. The first kappa shape index (κ1) is 21.6. The summed E-state index contributed by atoms with van der Waals surface area (Å²) < 4.78 is 31.1. The fourth-order valence-electron chi connectivity index (χ4n) is 3.01. The van der Waals surface area contributed by atoms with Crippen molar-refractivity contribution in [2.24, 2.45) is 0 Å². The predicted molar refractivity (Wildman–Crippen MR) is 111 cm³/mol. The molecule has 3 rings (SSSR count). The predicted octanol–water partition coefficient (Wildman–Crippen LogP) is 4.21. The maximum atomic E-state index is 14.0. The molecule has 0 fully saturated rings. The van der Waals surface area contributed by atoms with Crippen LogP contribution < -0.4 is 10.1 Å². The lowest BCUT2D eigenvalue weighted by Crippen LogP contribution is -2.27. The second kappa shape index (κ2) is 11.2. The Morgan fingerprint density at radius 3 is 2.93 bits per heavy atom. The van der Waals surface area contributed by atoms with Gasteiger partial charge in [0, 0.05) is 42.2 Å². The second-order valence-corrected chi connectivity index (χ2v) is 7.60. The van der Waals surface area contributed by atoms with Gasteiger partial charge in [-0.25, -0.2) is 4.39 Å². The molecule has 0 aliphatic carbocycles. The number of rotatable bonds is 10. The molecule has 0 saturated heterocycles. The van der Waals surface area contributed by atoms with Gasteiger partial charge in [0.05, 0.1) is 12.4 Å². The van der Waals surface area contributed by atoms with Crippen LogP contribution in [0.1, 0.15) is 36.3 Å². The molecule has 2 aromatic carbocycles. The maximum absolute atomic E-state index is 14.0. The largest absolute Gasteiger partial charge is 0.460 e.